The standard InChI is InChI=1S/C17H24O6/c1-6-16(2,3)14(19)22-12-9-7-8(11(12)21-5)10-13(18)23-15(20)17(9,10)4/h8-12H,6-7H2,1-5H3. The van der Waals surface area contributed by atoms with Crippen LogP contribution in [0.1, 0.15) is 40.5 Å². The highest BCUT2D eigenvalue weighted by atomic mass is 16.6. The molecule has 0 aromatic heterocycles. The Hall–Kier alpha value is -1.43. The Bertz CT molecular complexity index is 567. The Morgan fingerprint density at radius 2 is 2.00 bits per heavy atom. The number of cyclic esters (lactones) is 2. The van der Waals surface area contributed by atoms with E-state index in [0.717, 1.165) is 0 Å². The molecule has 3 fully saturated rings. The number of rotatable bonds is 4. The molecule has 6 heteroatoms. The summed E-state index contributed by atoms with van der Waals surface area (Å²) < 4.78 is 16.2. The van der Waals surface area contributed by atoms with Crippen LogP contribution in [0.3, 0.4) is 0 Å². The molecule has 3 rings (SSSR count). The summed E-state index contributed by atoms with van der Waals surface area (Å²) in [5.74, 6) is -2.12. The lowest BCUT2D eigenvalue weighted by Gasteiger charge is -2.40. The molecule has 6 nitrogen and oxygen atoms in total. The van der Waals surface area contributed by atoms with E-state index in [9.17, 15) is 14.4 Å². The molecule has 3 aliphatic rings. The highest BCUT2D eigenvalue weighted by Crippen LogP contribution is 2.64. The van der Waals surface area contributed by atoms with Crippen LogP contribution in [0.25, 0.3) is 0 Å². The van der Waals surface area contributed by atoms with Crippen molar-refractivity contribution in [3.05, 3.63) is 0 Å². The van der Waals surface area contributed by atoms with E-state index in [4.69, 9.17) is 14.2 Å². The number of carbonyl (C=O) groups is 3. The van der Waals surface area contributed by atoms with E-state index in [1.165, 1.54) is 0 Å². The molecule has 0 aromatic carbocycles. The van der Waals surface area contributed by atoms with Gasteiger partial charge in [-0.1, -0.05) is 6.92 Å². The predicted octanol–water partition coefficient (Wildman–Crippen LogP) is 1.70. The van der Waals surface area contributed by atoms with E-state index >= 15 is 0 Å². The molecule has 0 radical (unpaired) electrons. The monoisotopic (exact) mass is 324 g/mol. The topological polar surface area (TPSA) is 78.9 Å². The largest absolute Gasteiger partial charge is 0.459 e. The van der Waals surface area contributed by atoms with Gasteiger partial charge in [-0.3, -0.25) is 14.4 Å². The Kier molecular flexibility index (Phi) is 3.59. The molecule has 23 heavy (non-hydrogen) atoms. The second-order valence-electron chi connectivity index (χ2n) is 7.78. The fourth-order valence-corrected chi connectivity index (χ4v) is 4.47. The Labute approximate surface area is 135 Å². The minimum atomic E-state index is -0.905. The van der Waals surface area contributed by atoms with Crippen molar-refractivity contribution in [2.75, 3.05) is 7.11 Å². The lowest BCUT2D eigenvalue weighted by molar-refractivity contribution is -0.181. The van der Waals surface area contributed by atoms with Crippen LogP contribution in [0.2, 0.25) is 0 Å². The molecule has 2 bridgehead atoms. The van der Waals surface area contributed by atoms with Gasteiger partial charge < -0.3 is 14.2 Å². The highest BCUT2D eigenvalue weighted by molar-refractivity contribution is 6.00. The SMILES string of the molecule is CCC(C)(C)C(=O)OC1C(OC)C2CC1C1(C)C(=O)OC(=O)C21. The van der Waals surface area contributed by atoms with Crippen molar-refractivity contribution < 1.29 is 28.6 Å². The summed E-state index contributed by atoms with van der Waals surface area (Å²) >= 11 is 0. The summed E-state index contributed by atoms with van der Waals surface area (Å²) in [7, 11) is 1.55. The van der Waals surface area contributed by atoms with E-state index < -0.39 is 34.8 Å². The molecular weight excluding hydrogens is 300 g/mol. The van der Waals surface area contributed by atoms with Gasteiger partial charge in [0.2, 0.25) is 0 Å². The van der Waals surface area contributed by atoms with Crippen LogP contribution in [0.5, 0.6) is 0 Å². The van der Waals surface area contributed by atoms with E-state index in [1.54, 1.807) is 14.0 Å². The first-order chi connectivity index (χ1) is 10.7. The second kappa shape index (κ2) is 5.03. The highest BCUT2D eigenvalue weighted by Gasteiger charge is 2.74. The van der Waals surface area contributed by atoms with Crippen LogP contribution in [0, 0.1) is 28.6 Å². The second-order valence-corrected chi connectivity index (χ2v) is 7.78. The number of methoxy groups -OCH3 is 1. The summed E-state index contributed by atoms with van der Waals surface area (Å²) in [6.45, 7) is 7.36. The number of esters is 3. The molecule has 2 aliphatic carbocycles. The Balaban J connectivity index is 1.90. The van der Waals surface area contributed by atoms with Crippen LogP contribution in [0.4, 0.5) is 0 Å². The van der Waals surface area contributed by atoms with Gasteiger partial charge in [-0.15, -0.1) is 0 Å². The van der Waals surface area contributed by atoms with Crippen molar-refractivity contribution in [2.24, 2.45) is 28.6 Å². The van der Waals surface area contributed by atoms with Crippen LogP contribution in [-0.2, 0) is 28.6 Å². The Morgan fingerprint density at radius 3 is 2.57 bits per heavy atom. The van der Waals surface area contributed by atoms with Crippen LogP contribution >= 0.6 is 0 Å². The fraction of sp³-hybridized carbons (Fsp3) is 0.824. The first-order valence-corrected chi connectivity index (χ1v) is 8.18. The average Bonchev–Trinajstić information content (AvgIpc) is 3.06. The third-order valence-corrected chi connectivity index (χ3v) is 6.35. The van der Waals surface area contributed by atoms with Gasteiger partial charge in [0, 0.05) is 18.9 Å². The number of carbonyl (C=O) groups excluding carboxylic acids is 3. The van der Waals surface area contributed by atoms with Crippen LogP contribution in [0.15, 0.2) is 0 Å². The molecule has 6 atom stereocenters. The molecule has 0 spiro atoms. The molecular formula is C17H24O6. The minimum Gasteiger partial charge on any atom is -0.459 e. The zero-order chi connectivity index (χ0) is 17.2. The normalized spacial score (nSPS) is 41.9. The third kappa shape index (κ3) is 2.00. The van der Waals surface area contributed by atoms with Gasteiger partial charge in [0.05, 0.1) is 22.9 Å². The summed E-state index contributed by atoms with van der Waals surface area (Å²) in [6.07, 6.45) is 0.423. The van der Waals surface area contributed by atoms with Gasteiger partial charge in [-0.25, -0.2) is 0 Å². The molecule has 1 heterocycles. The third-order valence-electron chi connectivity index (χ3n) is 6.35. The Morgan fingerprint density at radius 1 is 1.35 bits per heavy atom. The molecule has 1 saturated heterocycles. The van der Waals surface area contributed by atoms with Crippen molar-refractivity contribution in [1.82, 2.24) is 0 Å². The number of fused-ring (bicyclic) bond motifs is 5. The maximum atomic E-state index is 12.5. The van der Waals surface area contributed by atoms with Crippen LogP contribution < -0.4 is 0 Å². The lowest BCUT2D eigenvalue weighted by Crippen LogP contribution is -2.52. The van der Waals surface area contributed by atoms with Crippen molar-refractivity contribution in [2.45, 2.75) is 52.7 Å². The zero-order valence-corrected chi connectivity index (χ0v) is 14.3. The van der Waals surface area contributed by atoms with E-state index in [0.29, 0.717) is 12.8 Å². The summed E-state index contributed by atoms with van der Waals surface area (Å²) in [6, 6.07) is 0. The zero-order valence-electron chi connectivity index (χ0n) is 14.3. The van der Waals surface area contributed by atoms with Gasteiger partial charge in [-0.2, -0.15) is 0 Å². The van der Waals surface area contributed by atoms with Gasteiger partial charge in [-0.05, 0) is 33.6 Å². The van der Waals surface area contributed by atoms with E-state index in [2.05, 4.69) is 0 Å². The van der Waals surface area contributed by atoms with Crippen LogP contribution in [-0.4, -0.2) is 37.2 Å². The van der Waals surface area contributed by atoms with Crippen molar-refractivity contribution in [3.8, 4) is 0 Å². The van der Waals surface area contributed by atoms with Gasteiger partial charge in [0.25, 0.3) is 0 Å². The van der Waals surface area contributed by atoms with Crippen molar-refractivity contribution in [3.63, 3.8) is 0 Å². The molecule has 128 valence electrons. The van der Waals surface area contributed by atoms with Crippen molar-refractivity contribution in [1.29, 1.82) is 0 Å². The fourth-order valence-electron chi connectivity index (χ4n) is 4.47. The number of hydrogen-bond donors (Lipinski definition) is 0. The molecule has 0 amide bonds. The van der Waals surface area contributed by atoms with Gasteiger partial charge in [0.15, 0.2) is 0 Å². The predicted molar refractivity (Wildman–Crippen MR) is 79.0 cm³/mol. The molecule has 0 N–H and O–H groups in total. The first-order valence-electron chi connectivity index (χ1n) is 8.18. The van der Waals surface area contributed by atoms with Gasteiger partial charge >= 0.3 is 17.9 Å². The summed E-state index contributed by atoms with van der Waals surface area (Å²) in [5, 5.41) is 0. The molecule has 6 unspecified atom stereocenters. The molecule has 1 aliphatic heterocycles. The summed E-state index contributed by atoms with van der Waals surface area (Å²) in [4.78, 5) is 36.8. The molecule has 2 saturated carbocycles. The quantitative estimate of drug-likeness (QED) is 0.578. The van der Waals surface area contributed by atoms with E-state index in [1.807, 2.05) is 20.8 Å². The number of hydrogen-bond acceptors (Lipinski definition) is 6. The first kappa shape index (κ1) is 16.4. The van der Waals surface area contributed by atoms with Crippen molar-refractivity contribution >= 4 is 17.9 Å². The maximum absolute atomic E-state index is 12.5. The smallest absolute Gasteiger partial charge is 0.320 e. The lowest BCUT2D eigenvalue weighted by atomic mass is 9.66. The molecule has 0 aromatic rings. The van der Waals surface area contributed by atoms with Gasteiger partial charge in [0.1, 0.15) is 6.10 Å². The minimum absolute atomic E-state index is 0.142. The maximum Gasteiger partial charge on any atom is 0.320 e. The average molecular weight is 324 g/mol. The summed E-state index contributed by atoms with van der Waals surface area (Å²) in [5.41, 5.74) is -1.50. The number of ether oxygens (including phenoxy) is 3. The van der Waals surface area contributed by atoms with E-state index in [-0.39, 0.29) is 23.9 Å².